The molecule has 118 valence electrons. The highest BCUT2D eigenvalue weighted by Gasteiger charge is 2.23. The molecule has 0 saturated heterocycles. The molecule has 0 aromatic heterocycles. The van der Waals surface area contributed by atoms with E-state index in [1.807, 2.05) is 0 Å². The topological polar surface area (TPSA) is 41.5 Å². The third-order valence-electron chi connectivity index (χ3n) is 4.08. The summed E-state index contributed by atoms with van der Waals surface area (Å²) in [5.74, 6) is 1.79. The number of hydrogen-bond donors (Lipinski definition) is 2. The lowest BCUT2D eigenvalue weighted by atomic mass is 9.80. The molecule has 1 aliphatic rings. The second-order valence-electron chi connectivity index (χ2n) is 6.44. The van der Waals surface area contributed by atoms with E-state index >= 15 is 0 Å². The Morgan fingerprint density at radius 2 is 1.81 bits per heavy atom. The Bertz CT molecular complexity index is 413. The molecule has 0 aliphatic heterocycles. The Labute approximate surface area is 126 Å². The summed E-state index contributed by atoms with van der Waals surface area (Å²) in [5.41, 5.74) is 0. The van der Waals surface area contributed by atoms with Crippen LogP contribution in [0.3, 0.4) is 0 Å². The summed E-state index contributed by atoms with van der Waals surface area (Å²) >= 11 is 0. The number of aliphatic hydroxyl groups is 1. The van der Waals surface area contributed by atoms with Gasteiger partial charge in [-0.2, -0.15) is 0 Å². The van der Waals surface area contributed by atoms with Crippen molar-refractivity contribution < 1.29 is 14.2 Å². The Morgan fingerprint density at radius 3 is 2.43 bits per heavy atom. The molecule has 1 saturated carbocycles. The van der Waals surface area contributed by atoms with Gasteiger partial charge in [-0.25, -0.2) is 4.39 Å². The largest absolute Gasteiger partial charge is 0.491 e. The maximum atomic E-state index is 12.8. The van der Waals surface area contributed by atoms with Crippen LogP contribution in [0.15, 0.2) is 24.3 Å². The van der Waals surface area contributed by atoms with E-state index in [-0.39, 0.29) is 12.4 Å². The zero-order valence-electron chi connectivity index (χ0n) is 12.9. The lowest BCUT2D eigenvalue weighted by Gasteiger charge is -2.32. The summed E-state index contributed by atoms with van der Waals surface area (Å²) in [6.07, 6.45) is 3.10. The molecule has 0 bridgehead atoms. The molecule has 2 N–H and O–H groups in total. The van der Waals surface area contributed by atoms with Crippen LogP contribution in [0.1, 0.15) is 33.1 Å². The van der Waals surface area contributed by atoms with Crippen LogP contribution in [-0.4, -0.2) is 30.4 Å². The number of aliphatic hydroxyl groups excluding tert-OH is 1. The van der Waals surface area contributed by atoms with E-state index in [0.29, 0.717) is 18.3 Å². The minimum absolute atomic E-state index is 0.219. The van der Waals surface area contributed by atoms with Crippen molar-refractivity contribution >= 4 is 0 Å². The third-order valence-corrected chi connectivity index (χ3v) is 4.08. The van der Waals surface area contributed by atoms with Crippen LogP contribution >= 0.6 is 0 Å². The van der Waals surface area contributed by atoms with Crippen LogP contribution in [0.2, 0.25) is 0 Å². The molecule has 4 heteroatoms. The number of nitrogens with one attached hydrogen (secondary N) is 1. The molecule has 3 atom stereocenters. The summed E-state index contributed by atoms with van der Waals surface area (Å²) in [4.78, 5) is 0. The maximum Gasteiger partial charge on any atom is 0.123 e. The molecule has 21 heavy (non-hydrogen) atoms. The molecule has 1 aliphatic carbocycles. The molecule has 0 heterocycles. The SMILES string of the molecule is CC1CC(C)CC(NCC(O)COc2ccc(F)cc2)C1. The van der Waals surface area contributed by atoms with Crippen LogP contribution in [0.4, 0.5) is 4.39 Å². The molecule has 1 aromatic rings. The van der Waals surface area contributed by atoms with E-state index in [1.165, 1.54) is 31.4 Å². The first-order chi connectivity index (χ1) is 10.0. The minimum Gasteiger partial charge on any atom is -0.491 e. The zero-order chi connectivity index (χ0) is 15.2. The van der Waals surface area contributed by atoms with Crippen molar-refractivity contribution in [3.05, 3.63) is 30.1 Å². The lowest BCUT2D eigenvalue weighted by molar-refractivity contribution is 0.0983. The van der Waals surface area contributed by atoms with Crippen molar-refractivity contribution in [2.45, 2.75) is 45.3 Å². The minimum atomic E-state index is -0.553. The van der Waals surface area contributed by atoms with Gasteiger partial charge in [-0.3, -0.25) is 0 Å². The molecule has 1 aromatic carbocycles. The van der Waals surface area contributed by atoms with Crippen LogP contribution in [0, 0.1) is 17.7 Å². The second-order valence-corrected chi connectivity index (χ2v) is 6.44. The number of benzene rings is 1. The Morgan fingerprint density at radius 1 is 1.19 bits per heavy atom. The van der Waals surface area contributed by atoms with Crippen LogP contribution in [-0.2, 0) is 0 Å². The highest BCUT2D eigenvalue weighted by molar-refractivity contribution is 5.22. The molecule has 0 amide bonds. The molecular weight excluding hydrogens is 269 g/mol. The highest BCUT2D eigenvalue weighted by atomic mass is 19.1. The monoisotopic (exact) mass is 295 g/mol. The van der Waals surface area contributed by atoms with E-state index in [0.717, 1.165) is 11.8 Å². The van der Waals surface area contributed by atoms with Gasteiger partial charge in [0, 0.05) is 12.6 Å². The average Bonchev–Trinajstić information content (AvgIpc) is 2.43. The number of rotatable bonds is 6. The fourth-order valence-electron chi connectivity index (χ4n) is 3.20. The van der Waals surface area contributed by atoms with Crippen LogP contribution < -0.4 is 10.1 Å². The van der Waals surface area contributed by atoms with Crippen LogP contribution in [0.25, 0.3) is 0 Å². The Kier molecular flexibility index (Phi) is 6.00. The number of ether oxygens (including phenoxy) is 1. The smallest absolute Gasteiger partial charge is 0.123 e. The molecule has 1 fully saturated rings. The van der Waals surface area contributed by atoms with Gasteiger partial charge in [-0.1, -0.05) is 13.8 Å². The third kappa shape index (κ3) is 5.64. The van der Waals surface area contributed by atoms with Gasteiger partial charge in [0.25, 0.3) is 0 Å². The molecular formula is C17H26FNO2. The zero-order valence-corrected chi connectivity index (χ0v) is 12.9. The average molecular weight is 295 g/mol. The van der Waals surface area contributed by atoms with Gasteiger partial charge in [0.15, 0.2) is 0 Å². The van der Waals surface area contributed by atoms with Gasteiger partial charge >= 0.3 is 0 Å². The van der Waals surface area contributed by atoms with Crippen molar-refractivity contribution in [1.82, 2.24) is 5.32 Å². The van der Waals surface area contributed by atoms with E-state index in [2.05, 4.69) is 19.2 Å². The van der Waals surface area contributed by atoms with Gasteiger partial charge in [0.05, 0.1) is 0 Å². The Hall–Kier alpha value is -1.13. The highest BCUT2D eigenvalue weighted by Crippen LogP contribution is 2.28. The lowest BCUT2D eigenvalue weighted by Crippen LogP contribution is -2.41. The number of hydrogen-bond acceptors (Lipinski definition) is 3. The predicted molar refractivity (Wildman–Crippen MR) is 81.9 cm³/mol. The van der Waals surface area contributed by atoms with Crippen molar-refractivity contribution in [3.8, 4) is 5.75 Å². The van der Waals surface area contributed by atoms with Crippen molar-refractivity contribution in [2.75, 3.05) is 13.2 Å². The van der Waals surface area contributed by atoms with Gasteiger partial charge < -0.3 is 15.2 Å². The van der Waals surface area contributed by atoms with Gasteiger partial charge in [0.1, 0.15) is 24.3 Å². The second kappa shape index (κ2) is 7.76. The van der Waals surface area contributed by atoms with E-state index in [1.54, 1.807) is 12.1 Å². The summed E-state index contributed by atoms with van der Waals surface area (Å²) in [6, 6.07) is 6.33. The molecule has 0 spiro atoms. The first-order valence-electron chi connectivity index (χ1n) is 7.82. The van der Waals surface area contributed by atoms with Crippen LogP contribution in [0.5, 0.6) is 5.75 Å². The van der Waals surface area contributed by atoms with Crippen molar-refractivity contribution in [2.24, 2.45) is 11.8 Å². The van der Waals surface area contributed by atoms with Gasteiger partial charge in [0.2, 0.25) is 0 Å². The molecule has 0 radical (unpaired) electrons. The normalized spacial score (nSPS) is 27.3. The van der Waals surface area contributed by atoms with Gasteiger partial charge in [-0.05, 0) is 55.4 Å². The summed E-state index contributed by atoms with van der Waals surface area (Å²) < 4.78 is 18.2. The summed E-state index contributed by atoms with van der Waals surface area (Å²) in [5, 5.41) is 13.4. The first kappa shape index (κ1) is 16.2. The summed E-state index contributed by atoms with van der Waals surface area (Å²) in [6.45, 7) is 5.33. The van der Waals surface area contributed by atoms with E-state index < -0.39 is 6.10 Å². The van der Waals surface area contributed by atoms with Crippen molar-refractivity contribution in [1.29, 1.82) is 0 Å². The fourth-order valence-corrected chi connectivity index (χ4v) is 3.20. The number of halogens is 1. The maximum absolute atomic E-state index is 12.8. The molecule has 3 unspecified atom stereocenters. The quantitative estimate of drug-likeness (QED) is 0.848. The predicted octanol–water partition coefficient (Wildman–Crippen LogP) is 2.98. The van der Waals surface area contributed by atoms with E-state index in [9.17, 15) is 9.50 Å². The first-order valence-corrected chi connectivity index (χ1v) is 7.82. The fraction of sp³-hybridized carbons (Fsp3) is 0.647. The Balaban J connectivity index is 1.67. The summed E-state index contributed by atoms with van der Waals surface area (Å²) in [7, 11) is 0. The van der Waals surface area contributed by atoms with Gasteiger partial charge in [-0.15, -0.1) is 0 Å². The van der Waals surface area contributed by atoms with Crippen molar-refractivity contribution in [3.63, 3.8) is 0 Å². The molecule has 3 nitrogen and oxygen atoms in total. The molecule has 2 rings (SSSR count). The standard InChI is InChI=1S/C17H26FNO2/c1-12-7-13(2)9-15(8-12)19-10-16(20)11-21-17-5-3-14(18)4-6-17/h3-6,12-13,15-16,19-20H,7-11H2,1-2H3. The van der Waals surface area contributed by atoms with E-state index in [4.69, 9.17) is 4.74 Å².